The zero-order valence-electron chi connectivity index (χ0n) is 27.3. The van der Waals surface area contributed by atoms with Gasteiger partial charge in [0.2, 0.25) is 0 Å². The monoisotopic (exact) mass is 646 g/mol. The van der Waals surface area contributed by atoms with Crippen molar-refractivity contribution in [2.24, 2.45) is 9.98 Å². The molecule has 6 nitrogen and oxygen atoms in total. The molecule has 0 spiro atoms. The molecular formula is C44H34N6. The van der Waals surface area contributed by atoms with Crippen LogP contribution in [0.25, 0.3) is 21.5 Å². The van der Waals surface area contributed by atoms with E-state index >= 15 is 0 Å². The van der Waals surface area contributed by atoms with Gasteiger partial charge in [-0.25, -0.2) is 20.0 Å². The molecule has 0 radical (unpaired) electrons. The Morgan fingerprint density at radius 3 is 1.38 bits per heavy atom. The third-order valence-electron chi connectivity index (χ3n) is 8.27. The number of hydrogen-bond donors (Lipinski definition) is 2. The van der Waals surface area contributed by atoms with E-state index in [0.29, 0.717) is 11.6 Å². The predicted molar refractivity (Wildman–Crippen MR) is 209 cm³/mol. The van der Waals surface area contributed by atoms with Crippen LogP contribution in [0.4, 0.5) is 23.0 Å². The van der Waals surface area contributed by atoms with Crippen molar-refractivity contribution >= 4 is 56.0 Å². The highest BCUT2D eigenvalue weighted by molar-refractivity contribution is 6.16. The molecule has 0 bridgehead atoms. The predicted octanol–water partition coefficient (Wildman–Crippen LogP) is 9.97. The van der Waals surface area contributed by atoms with E-state index in [-0.39, 0.29) is 0 Å². The van der Waals surface area contributed by atoms with E-state index in [4.69, 9.17) is 26.4 Å². The minimum Gasteiger partial charge on any atom is -0.398 e. The number of pyridine rings is 2. The summed E-state index contributed by atoms with van der Waals surface area (Å²) in [6.45, 7) is 0. The van der Waals surface area contributed by atoms with Gasteiger partial charge in [0, 0.05) is 61.9 Å². The van der Waals surface area contributed by atoms with E-state index in [1.165, 1.54) is 0 Å². The molecule has 2 aromatic heterocycles. The Balaban J connectivity index is 0.000000275. The maximum absolute atomic E-state index is 5.74. The molecule has 0 amide bonds. The Hall–Kier alpha value is -6.92. The molecule has 0 aliphatic heterocycles. The second kappa shape index (κ2) is 14.9. The molecule has 6 aromatic carbocycles. The highest BCUT2D eigenvalue weighted by Gasteiger charge is 2.12. The fourth-order valence-corrected chi connectivity index (χ4v) is 5.82. The second-order valence-corrected chi connectivity index (χ2v) is 11.5. The zero-order valence-corrected chi connectivity index (χ0v) is 27.3. The van der Waals surface area contributed by atoms with E-state index < -0.39 is 0 Å². The average molecular weight is 647 g/mol. The van der Waals surface area contributed by atoms with Crippen LogP contribution in [-0.4, -0.2) is 21.4 Å². The molecule has 0 aliphatic rings. The van der Waals surface area contributed by atoms with Gasteiger partial charge in [-0.05, 0) is 24.3 Å². The van der Waals surface area contributed by atoms with Gasteiger partial charge >= 0.3 is 0 Å². The van der Waals surface area contributed by atoms with Gasteiger partial charge in [-0.2, -0.15) is 0 Å². The number of rotatable bonds is 6. The van der Waals surface area contributed by atoms with Gasteiger partial charge in [0.1, 0.15) is 5.82 Å². The Morgan fingerprint density at radius 2 is 0.840 bits per heavy atom. The van der Waals surface area contributed by atoms with Crippen molar-refractivity contribution in [2.45, 2.75) is 0 Å². The lowest BCUT2D eigenvalue weighted by molar-refractivity contribution is 1.30. The van der Waals surface area contributed by atoms with Crippen LogP contribution in [0.5, 0.6) is 0 Å². The highest BCUT2D eigenvalue weighted by atomic mass is 14.9. The Morgan fingerprint density at radius 1 is 0.380 bits per heavy atom. The number of nitrogens with two attached hydrogens (primary N) is 2. The SMILES string of the molecule is Nc1cccc2c(N)nccc12.c1ccc(C(=Nc2cccc3c(N=C(c4ccccc4)c4ccccc4)nccc23)c2ccccc2)cc1. The van der Waals surface area contributed by atoms with Crippen molar-refractivity contribution in [1.82, 2.24) is 9.97 Å². The first kappa shape index (κ1) is 31.7. The number of benzene rings is 6. The van der Waals surface area contributed by atoms with Crippen LogP contribution in [0.15, 0.2) is 192 Å². The van der Waals surface area contributed by atoms with Crippen molar-refractivity contribution in [3.63, 3.8) is 0 Å². The molecule has 0 saturated heterocycles. The van der Waals surface area contributed by atoms with Crippen LogP contribution < -0.4 is 11.5 Å². The topological polar surface area (TPSA) is 103 Å². The summed E-state index contributed by atoms with van der Waals surface area (Å²) in [6.07, 6.45) is 3.48. The summed E-state index contributed by atoms with van der Waals surface area (Å²) in [7, 11) is 0. The number of fused-ring (bicyclic) bond motifs is 2. The molecule has 0 aliphatic carbocycles. The Bertz CT molecular complexity index is 2170. The van der Waals surface area contributed by atoms with Crippen molar-refractivity contribution in [3.8, 4) is 0 Å². The van der Waals surface area contributed by atoms with Crippen molar-refractivity contribution < 1.29 is 0 Å². The molecule has 0 atom stereocenters. The Kier molecular flexibility index (Phi) is 9.42. The van der Waals surface area contributed by atoms with Gasteiger partial charge in [-0.1, -0.05) is 146 Å². The normalized spacial score (nSPS) is 10.6. The molecule has 0 saturated carbocycles. The molecule has 240 valence electrons. The molecule has 50 heavy (non-hydrogen) atoms. The maximum Gasteiger partial charge on any atom is 0.160 e. The number of anilines is 2. The summed E-state index contributed by atoms with van der Waals surface area (Å²) < 4.78 is 0. The quantitative estimate of drug-likeness (QED) is 0.139. The number of hydrogen-bond acceptors (Lipinski definition) is 6. The summed E-state index contributed by atoms with van der Waals surface area (Å²) in [5.74, 6) is 1.20. The van der Waals surface area contributed by atoms with Crippen LogP contribution in [0.3, 0.4) is 0 Å². The van der Waals surface area contributed by atoms with Crippen LogP contribution in [0.1, 0.15) is 22.3 Å². The summed E-state index contributed by atoms with van der Waals surface area (Å²) in [6, 6.07) is 56.8. The van der Waals surface area contributed by atoms with Crippen LogP contribution in [-0.2, 0) is 0 Å². The van der Waals surface area contributed by atoms with Gasteiger partial charge < -0.3 is 11.5 Å². The lowest BCUT2D eigenvalue weighted by Gasteiger charge is -2.11. The van der Waals surface area contributed by atoms with Gasteiger partial charge in [0.15, 0.2) is 5.82 Å². The summed E-state index contributed by atoms with van der Waals surface area (Å²) in [4.78, 5) is 19.0. The lowest BCUT2D eigenvalue weighted by atomic mass is 10.0. The van der Waals surface area contributed by atoms with Gasteiger partial charge in [-0.3, -0.25) is 0 Å². The fourth-order valence-electron chi connectivity index (χ4n) is 5.82. The van der Waals surface area contributed by atoms with Crippen molar-refractivity contribution in [3.05, 3.63) is 205 Å². The van der Waals surface area contributed by atoms with E-state index in [9.17, 15) is 0 Å². The first-order valence-corrected chi connectivity index (χ1v) is 16.3. The molecule has 4 N–H and O–H groups in total. The van der Waals surface area contributed by atoms with Crippen LogP contribution in [0.2, 0.25) is 0 Å². The number of aromatic nitrogens is 2. The smallest absolute Gasteiger partial charge is 0.160 e. The molecule has 6 heteroatoms. The van der Waals surface area contributed by atoms with Gasteiger partial charge in [-0.15, -0.1) is 0 Å². The third kappa shape index (κ3) is 7.00. The third-order valence-corrected chi connectivity index (χ3v) is 8.27. The minimum atomic E-state index is 0.528. The Labute approximate surface area is 291 Å². The summed E-state index contributed by atoms with van der Waals surface area (Å²) in [5, 5.41) is 3.84. The molecule has 0 unspecified atom stereocenters. The lowest BCUT2D eigenvalue weighted by Crippen LogP contribution is -2.03. The number of aliphatic imine (C=N–C) groups is 2. The molecule has 0 fully saturated rings. The standard InChI is InChI=1S/C35H25N3.C9H9N3/c1-5-14-26(15-6-1)33(27-16-7-2-8-17-27)37-32-23-13-22-31-30(32)24-25-36-35(31)38-34(28-18-9-3-10-19-28)29-20-11-4-12-21-29;10-8-3-1-2-7-6(8)4-5-12-9(7)11/h1-25H;1-5H,10H2,(H2,11,12). The molecule has 8 rings (SSSR count). The summed E-state index contributed by atoms with van der Waals surface area (Å²) in [5.41, 5.74) is 19.1. The summed E-state index contributed by atoms with van der Waals surface area (Å²) >= 11 is 0. The van der Waals surface area contributed by atoms with Crippen LogP contribution >= 0.6 is 0 Å². The van der Waals surface area contributed by atoms with Crippen molar-refractivity contribution in [1.29, 1.82) is 0 Å². The van der Waals surface area contributed by atoms with E-state index in [0.717, 1.165) is 66.6 Å². The van der Waals surface area contributed by atoms with E-state index in [2.05, 4.69) is 65.6 Å². The number of nitrogens with zero attached hydrogens (tertiary/aromatic N) is 4. The van der Waals surface area contributed by atoms with Gasteiger partial charge in [0.05, 0.1) is 17.1 Å². The molecule has 2 heterocycles. The van der Waals surface area contributed by atoms with Gasteiger partial charge in [0.25, 0.3) is 0 Å². The first-order chi connectivity index (χ1) is 24.7. The minimum absolute atomic E-state index is 0.528. The maximum atomic E-state index is 5.74. The highest BCUT2D eigenvalue weighted by Crippen LogP contribution is 2.33. The van der Waals surface area contributed by atoms with E-state index in [1.807, 2.05) is 115 Å². The average Bonchev–Trinajstić information content (AvgIpc) is 3.18. The largest absolute Gasteiger partial charge is 0.398 e. The van der Waals surface area contributed by atoms with Crippen molar-refractivity contribution in [2.75, 3.05) is 11.5 Å². The van der Waals surface area contributed by atoms with E-state index in [1.54, 1.807) is 6.20 Å². The fraction of sp³-hybridized carbons (Fsp3) is 0. The second-order valence-electron chi connectivity index (χ2n) is 11.5. The first-order valence-electron chi connectivity index (χ1n) is 16.3. The zero-order chi connectivity index (χ0) is 34.1. The number of nitrogen functional groups attached to an aromatic ring is 2. The molecule has 8 aromatic rings. The van der Waals surface area contributed by atoms with Crippen LogP contribution in [0, 0.1) is 0 Å². The molecular weight excluding hydrogens is 613 g/mol.